The summed E-state index contributed by atoms with van der Waals surface area (Å²) in [6.07, 6.45) is 0. The first-order valence-electron chi connectivity index (χ1n) is 6.93. The third kappa shape index (κ3) is 4.63. The average molecular weight is 297 g/mol. The van der Waals surface area contributed by atoms with Gasteiger partial charge in [0.05, 0.1) is 5.71 Å². The fraction of sp³-hybridized carbons (Fsp3) is 0.176. The summed E-state index contributed by atoms with van der Waals surface area (Å²) in [6.45, 7) is 3.70. The molecule has 2 aromatic rings. The van der Waals surface area contributed by atoms with Crippen molar-refractivity contribution in [2.75, 3.05) is 12.3 Å². The van der Waals surface area contributed by atoms with Crippen LogP contribution < -0.4 is 15.9 Å². The molecule has 0 unspecified atom stereocenters. The van der Waals surface area contributed by atoms with Crippen LogP contribution in [0.25, 0.3) is 0 Å². The molecule has 0 atom stereocenters. The van der Waals surface area contributed by atoms with Crippen LogP contribution in [0.1, 0.15) is 18.1 Å². The van der Waals surface area contributed by atoms with Crippen molar-refractivity contribution >= 4 is 17.3 Å². The number of ether oxygens (including phenoxy) is 1. The van der Waals surface area contributed by atoms with Gasteiger partial charge in [-0.25, -0.2) is 5.43 Å². The molecule has 114 valence electrons. The van der Waals surface area contributed by atoms with E-state index in [1.807, 2.05) is 50.2 Å². The van der Waals surface area contributed by atoms with Gasteiger partial charge in [0.25, 0.3) is 5.91 Å². The number of nitrogens with zero attached hydrogens (tertiary/aromatic N) is 1. The van der Waals surface area contributed by atoms with Crippen molar-refractivity contribution in [2.24, 2.45) is 5.10 Å². The Labute approximate surface area is 129 Å². The molecule has 0 saturated heterocycles. The molecule has 22 heavy (non-hydrogen) atoms. The molecule has 0 saturated carbocycles. The van der Waals surface area contributed by atoms with Crippen molar-refractivity contribution in [3.05, 3.63) is 59.7 Å². The highest BCUT2D eigenvalue weighted by molar-refractivity contribution is 5.99. The summed E-state index contributed by atoms with van der Waals surface area (Å²) < 4.78 is 5.40. The molecular weight excluding hydrogens is 278 g/mol. The Bertz CT molecular complexity index is 679. The Hall–Kier alpha value is -2.82. The van der Waals surface area contributed by atoms with Crippen molar-refractivity contribution in [1.29, 1.82) is 0 Å². The van der Waals surface area contributed by atoms with Crippen LogP contribution in [0.3, 0.4) is 0 Å². The van der Waals surface area contributed by atoms with Crippen LogP contribution in [-0.4, -0.2) is 18.2 Å². The quantitative estimate of drug-likeness (QED) is 0.506. The van der Waals surface area contributed by atoms with Gasteiger partial charge in [0.2, 0.25) is 0 Å². The first-order chi connectivity index (χ1) is 10.5. The highest BCUT2D eigenvalue weighted by Gasteiger charge is 2.03. The number of nitrogens with two attached hydrogens (primary N) is 1. The molecule has 5 nitrogen and oxygen atoms in total. The van der Waals surface area contributed by atoms with Crippen LogP contribution in [0, 0.1) is 6.92 Å². The molecule has 0 heterocycles. The largest absolute Gasteiger partial charge is 0.484 e. The van der Waals surface area contributed by atoms with Crippen molar-refractivity contribution in [1.82, 2.24) is 5.43 Å². The van der Waals surface area contributed by atoms with E-state index in [4.69, 9.17) is 10.5 Å². The number of hydrogen-bond acceptors (Lipinski definition) is 4. The number of anilines is 1. The SMILES string of the molecule is CC(=NNC(=O)COc1cccc(C)c1)c1ccc(N)cc1. The lowest BCUT2D eigenvalue weighted by molar-refractivity contribution is -0.123. The summed E-state index contributed by atoms with van der Waals surface area (Å²) >= 11 is 0. The number of hydrazone groups is 1. The maximum absolute atomic E-state index is 11.7. The summed E-state index contributed by atoms with van der Waals surface area (Å²) in [5, 5.41) is 4.05. The van der Waals surface area contributed by atoms with Gasteiger partial charge < -0.3 is 10.5 Å². The molecule has 1 amide bonds. The van der Waals surface area contributed by atoms with Gasteiger partial charge in [-0.05, 0) is 49.2 Å². The molecule has 2 rings (SSSR count). The molecule has 5 heteroatoms. The second-order valence-corrected chi connectivity index (χ2v) is 4.96. The minimum atomic E-state index is -0.309. The van der Waals surface area contributed by atoms with E-state index in [2.05, 4.69) is 10.5 Å². The van der Waals surface area contributed by atoms with Gasteiger partial charge in [0.1, 0.15) is 5.75 Å². The molecule has 0 aromatic heterocycles. The molecule has 0 spiro atoms. The monoisotopic (exact) mass is 297 g/mol. The number of aryl methyl sites for hydroxylation is 1. The molecule has 0 aliphatic heterocycles. The van der Waals surface area contributed by atoms with Crippen LogP contribution in [-0.2, 0) is 4.79 Å². The fourth-order valence-electron chi connectivity index (χ4n) is 1.82. The van der Waals surface area contributed by atoms with E-state index in [-0.39, 0.29) is 12.5 Å². The number of rotatable bonds is 5. The average Bonchev–Trinajstić information content (AvgIpc) is 2.51. The summed E-state index contributed by atoms with van der Waals surface area (Å²) in [5.41, 5.74) is 11.5. The Morgan fingerprint density at radius 1 is 1.23 bits per heavy atom. The molecule has 0 bridgehead atoms. The van der Waals surface area contributed by atoms with E-state index < -0.39 is 0 Å². The van der Waals surface area contributed by atoms with Crippen LogP contribution >= 0.6 is 0 Å². The van der Waals surface area contributed by atoms with Gasteiger partial charge >= 0.3 is 0 Å². The minimum Gasteiger partial charge on any atom is -0.484 e. The highest BCUT2D eigenvalue weighted by Crippen LogP contribution is 2.12. The van der Waals surface area contributed by atoms with Gasteiger partial charge in [-0.15, -0.1) is 0 Å². The van der Waals surface area contributed by atoms with Gasteiger partial charge in [0.15, 0.2) is 6.61 Å². The third-order valence-corrected chi connectivity index (χ3v) is 3.04. The molecule has 0 aliphatic carbocycles. The van der Waals surface area contributed by atoms with Crippen molar-refractivity contribution in [3.63, 3.8) is 0 Å². The number of amides is 1. The van der Waals surface area contributed by atoms with E-state index in [1.165, 1.54) is 0 Å². The van der Waals surface area contributed by atoms with Crippen LogP contribution in [0.2, 0.25) is 0 Å². The number of nitrogens with one attached hydrogen (secondary N) is 1. The highest BCUT2D eigenvalue weighted by atomic mass is 16.5. The van der Waals surface area contributed by atoms with E-state index in [9.17, 15) is 4.79 Å². The minimum absolute atomic E-state index is 0.0814. The summed E-state index contributed by atoms with van der Waals surface area (Å²) in [5.74, 6) is 0.352. The second-order valence-electron chi connectivity index (χ2n) is 4.96. The maximum atomic E-state index is 11.7. The Morgan fingerprint density at radius 3 is 2.64 bits per heavy atom. The number of benzene rings is 2. The van der Waals surface area contributed by atoms with Crippen LogP contribution in [0.4, 0.5) is 5.69 Å². The standard InChI is InChI=1S/C17H19N3O2/c1-12-4-3-5-16(10-12)22-11-17(21)20-19-13(2)14-6-8-15(18)9-7-14/h3-10H,11,18H2,1-2H3,(H,20,21). The normalized spacial score (nSPS) is 11.1. The Kier molecular flexibility index (Phi) is 5.14. The lowest BCUT2D eigenvalue weighted by Gasteiger charge is -2.06. The van der Waals surface area contributed by atoms with Gasteiger partial charge in [-0.1, -0.05) is 24.3 Å². The fourth-order valence-corrected chi connectivity index (χ4v) is 1.82. The molecule has 0 aliphatic rings. The Balaban J connectivity index is 1.86. The van der Waals surface area contributed by atoms with Crippen molar-refractivity contribution < 1.29 is 9.53 Å². The van der Waals surface area contributed by atoms with Gasteiger partial charge in [-0.3, -0.25) is 4.79 Å². The van der Waals surface area contributed by atoms with E-state index in [1.54, 1.807) is 12.1 Å². The van der Waals surface area contributed by atoms with Crippen molar-refractivity contribution in [2.45, 2.75) is 13.8 Å². The second kappa shape index (κ2) is 7.26. The third-order valence-electron chi connectivity index (χ3n) is 3.04. The van der Waals surface area contributed by atoms with E-state index in [0.717, 1.165) is 11.1 Å². The topological polar surface area (TPSA) is 76.7 Å². The van der Waals surface area contributed by atoms with Crippen LogP contribution in [0.15, 0.2) is 53.6 Å². The zero-order chi connectivity index (χ0) is 15.9. The summed E-state index contributed by atoms with van der Waals surface area (Å²) in [4.78, 5) is 11.7. The maximum Gasteiger partial charge on any atom is 0.277 e. The lowest BCUT2D eigenvalue weighted by Crippen LogP contribution is -2.25. The van der Waals surface area contributed by atoms with Gasteiger partial charge in [0, 0.05) is 5.69 Å². The number of carbonyl (C=O) groups is 1. The number of hydrogen-bond donors (Lipinski definition) is 2. The van der Waals surface area contributed by atoms with E-state index in [0.29, 0.717) is 17.1 Å². The summed E-state index contributed by atoms with van der Waals surface area (Å²) in [7, 11) is 0. The molecule has 3 N–H and O–H groups in total. The molecule has 0 radical (unpaired) electrons. The summed E-state index contributed by atoms with van der Waals surface area (Å²) in [6, 6.07) is 14.8. The zero-order valence-corrected chi connectivity index (χ0v) is 12.7. The molecular formula is C17H19N3O2. The molecule has 0 fully saturated rings. The van der Waals surface area contributed by atoms with Crippen molar-refractivity contribution in [3.8, 4) is 5.75 Å². The lowest BCUT2D eigenvalue weighted by atomic mass is 10.1. The zero-order valence-electron chi connectivity index (χ0n) is 12.7. The predicted octanol–water partition coefficient (Wildman–Crippen LogP) is 2.50. The number of carbonyl (C=O) groups excluding carboxylic acids is 1. The molecule has 2 aromatic carbocycles. The van der Waals surface area contributed by atoms with E-state index >= 15 is 0 Å². The van der Waals surface area contributed by atoms with Crippen LogP contribution in [0.5, 0.6) is 5.75 Å². The first-order valence-corrected chi connectivity index (χ1v) is 6.93. The predicted molar refractivity (Wildman–Crippen MR) is 87.9 cm³/mol. The Morgan fingerprint density at radius 2 is 1.95 bits per heavy atom. The van der Waals surface area contributed by atoms with Gasteiger partial charge in [-0.2, -0.15) is 5.10 Å². The smallest absolute Gasteiger partial charge is 0.277 e. The first kappa shape index (κ1) is 15.6. The number of nitrogen functional groups attached to an aromatic ring is 1.